The molecule has 1 aromatic rings. The molecule has 0 saturated carbocycles. The first-order chi connectivity index (χ1) is 8.88. The zero-order chi connectivity index (χ0) is 12.4. The van der Waals surface area contributed by atoms with E-state index in [2.05, 4.69) is 41.4 Å². The molecule has 90 valence electrons. The lowest BCUT2D eigenvalue weighted by Crippen LogP contribution is -2.12. The molecule has 0 N–H and O–H groups in total. The van der Waals surface area contributed by atoms with Crippen LogP contribution in [0.1, 0.15) is 24.8 Å². The van der Waals surface area contributed by atoms with Crippen LogP contribution in [0.3, 0.4) is 0 Å². The van der Waals surface area contributed by atoms with Crippen molar-refractivity contribution >= 4 is 16.7 Å². The molecule has 0 atom stereocenters. The minimum atomic E-state index is 0.922. The van der Waals surface area contributed by atoms with Gasteiger partial charge in [-0.3, -0.25) is 0 Å². The van der Waals surface area contributed by atoms with E-state index in [4.69, 9.17) is 0 Å². The summed E-state index contributed by atoms with van der Waals surface area (Å²) in [7, 11) is 0. The first-order valence-corrected chi connectivity index (χ1v) is 7.05. The first-order valence-electron chi connectivity index (χ1n) is 6.23. The van der Waals surface area contributed by atoms with E-state index in [9.17, 15) is 5.26 Å². The average Bonchev–Trinajstić information content (AvgIpc) is 2.75. The van der Waals surface area contributed by atoms with E-state index >= 15 is 0 Å². The van der Waals surface area contributed by atoms with E-state index in [1.165, 1.54) is 10.5 Å². The van der Waals surface area contributed by atoms with Crippen molar-refractivity contribution in [3.63, 3.8) is 0 Å². The fraction of sp³-hybridized carbons (Fsp3) is 0.267. The summed E-state index contributed by atoms with van der Waals surface area (Å²) in [6, 6.07) is 12.8. The summed E-state index contributed by atoms with van der Waals surface area (Å²) in [6.45, 7) is 1.03. The average molecular weight is 254 g/mol. The third kappa shape index (κ3) is 2.04. The summed E-state index contributed by atoms with van der Waals surface area (Å²) >= 11 is 1.74. The Hall–Kier alpha value is -1.66. The summed E-state index contributed by atoms with van der Waals surface area (Å²) in [5.41, 5.74) is 2.18. The second-order valence-corrected chi connectivity index (χ2v) is 5.54. The predicted molar refractivity (Wildman–Crippen MR) is 75.2 cm³/mol. The van der Waals surface area contributed by atoms with Crippen molar-refractivity contribution < 1.29 is 0 Å². The van der Waals surface area contributed by atoms with E-state index in [0.29, 0.717) is 0 Å². The summed E-state index contributed by atoms with van der Waals surface area (Å²) in [5.74, 6) is 0. The van der Waals surface area contributed by atoms with E-state index in [1.54, 1.807) is 11.8 Å². The lowest BCUT2D eigenvalue weighted by atomic mass is 10.1. The highest BCUT2D eigenvalue weighted by Gasteiger charge is 2.25. The van der Waals surface area contributed by atoms with Crippen LogP contribution in [0.4, 0.5) is 0 Å². The van der Waals surface area contributed by atoms with Crippen molar-refractivity contribution in [3.05, 3.63) is 52.7 Å². The number of nitriles is 1. The lowest BCUT2D eigenvalue weighted by Gasteiger charge is -2.14. The van der Waals surface area contributed by atoms with E-state index < -0.39 is 0 Å². The molecule has 3 rings (SSSR count). The van der Waals surface area contributed by atoms with E-state index in [1.807, 2.05) is 6.07 Å². The quantitative estimate of drug-likeness (QED) is 0.759. The maximum absolute atomic E-state index is 9.25. The van der Waals surface area contributed by atoms with Crippen LogP contribution in [0.15, 0.2) is 47.1 Å². The van der Waals surface area contributed by atoms with Crippen molar-refractivity contribution in [3.8, 4) is 6.07 Å². The number of fused-ring (bicyclic) bond motifs is 1. The molecule has 0 aromatic heterocycles. The molecule has 0 amide bonds. The lowest BCUT2D eigenvalue weighted by molar-refractivity contribution is 0.491. The minimum Gasteiger partial charge on any atom is -0.341 e. The molecule has 3 heteroatoms. The van der Waals surface area contributed by atoms with Gasteiger partial charge in [-0.15, -0.1) is 0 Å². The Morgan fingerprint density at radius 1 is 1.17 bits per heavy atom. The molecule has 2 aliphatic heterocycles. The van der Waals surface area contributed by atoms with Gasteiger partial charge in [0.2, 0.25) is 0 Å². The van der Waals surface area contributed by atoms with Crippen LogP contribution in [-0.4, -0.2) is 11.4 Å². The van der Waals surface area contributed by atoms with Crippen LogP contribution in [0.5, 0.6) is 0 Å². The molecule has 1 aromatic carbocycles. The molecule has 0 saturated heterocycles. The number of nitrogens with zero attached hydrogens (tertiary/aromatic N) is 2. The van der Waals surface area contributed by atoms with Crippen molar-refractivity contribution in [2.24, 2.45) is 0 Å². The van der Waals surface area contributed by atoms with Gasteiger partial charge < -0.3 is 4.90 Å². The van der Waals surface area contributed by atoms with Crippen LogP contribution in [0.25, 0.3) is 4.91 Å². The van der Waals surface area contributed by atoms with Gasteiger partial charge in [0.15, 0.2) is 0 Å². The standard InChI is InChI=1S/C15H14N2S/c16-10-13-8-4-5-9-17-11-14(18-15(13)17)12-6-2-1-3-7-12/h1-3,6-7,11H,4-5,8-9H2. The van der Waals surface area contributed by atoms with Gasteiger partial charge in [-0.25, -0.2) is 0 Å². The Labute approximate surface area is 112 Å². The van der Waals surface area contributed by atoms with Crippen molar-refractivity contribution in [1.29, 1.82) is 5.26 Å². The Bertz CT molecular complexity index is 552. The Kier molecular flexibility index (Phi) is 3.12. The molecule has 0 bridgehead atoms. The van der Waals surface area contributed by atoms with Gasteiger partial charge in [0.05, 0.1) is 16.7 Å². The highest BCUT2D eigenvalue weighted by molar-refractivity contribution is 8.12. The monoisotopic (exact) mass is 254 g/mol. The summed E-state index contributed by atoms with van der Waals surface area (Å²) < 4.78 is 0. The van der Waals surface area contributed by atoms with Gasteiger partial charge in [0.1, 0.15) is 0 Å². The topological polar surface area (TPSA) is 27.0 Å². The minimum absolute atomic E-state index is 0.922. The summed E-state index contributed by atoms with van der Waals surface area (Å²) in [6.07, 6.45) is 5.40. The fourth-order valence-electron chi connectivity index (χ4n) is 2.32. The smallest absolute Gasteiger partial charge is 0.0974 e. The Morgan fingerprint density at radius 3 is 2.78 bits per heavy atom. The normalized spacial score (nSPS) is 19.1. The Balaban J connectivity index is 1.95. The number of rotatable bonds is 1. The largest absolute Gasteiger partial charge is 0.341 e. The van der Waals surface area contributed by atoms with Crippen LogP contribution < -0.4 is 0 Å². The molecule has 2 heterocycles. The maximum atomic E-state index is 9.25. The molecular formula is C15H14N2S. The molecular weight excluding hydrogens is 240 g/mol. The van der Waals surface area contributed by atoms with Crippen molar-refractivity contribution in [1.82, 2.24) is 4.90 Å². The third-order valence-corrected chi connectivity index (χ3v) is 4.50. The van der Waals surface area contributed by atoms with Gasteiger partial charge in [-0.2, -0.15) is 5.26 Å². The van der Waals surface area contributed by atoms with Gasteiger partial charge in [-0.1, -0.05) is 42.1 Å². The molecule has 2 nitrogen and oxygen atoms in total. The predicted octanol–water partition coefficient (Wildman–Crippen LogP) is 3.95. The van der Waals surface area contributed by atoms with Crippen LogP contribution in [0.2, 0.25) is 0 Å². The molecule has 0 unspecified atom stereocenters. The van der Waals surface area contributed by atoms with Gasteiger partial charge >= 0.3 is 0 Å². The van der Waals surface area contributed by atoms with Gasteiger partial charge in [0.25, 0.3) is 0 Å². The van der Waals surface area contributed by atoms with Gasteiger partial charge in [0, 0.05) is 17.6 Å². The van der Waals surface area contributed by atoms with E-state index in [-0.39, 0.29) is 0 Å². The number of allylic oxidation sites excluding steroid dienone is 1. The number of thioether (sulfide) groups is 1. The SMILES string of the molecule is N#CC1=C2SC(c3ccccc3)=CN2CCCC1. The summed E-state index contributed by atoms with van der Waals surface area (Å²) in [5, 5.41) is 10.4. The number of hydrogen-bond donors (Lipinski definition) is 0. The molecule has 0 radical (unpaired) electrons. The molecule has 0 spiro atoms. The second kappa shape index (κ2) is 4.91. The van der Waals surface area contributed by atoms with Crippen LogP contribution in [-0.2, 0) is 0 Å². The number of benzene rings is 1. The zero-order valence-electron chi connectivity index (χ0n) is 10.1. The van der Waals surface area contributed by atoms with Crippen molar-refractivity contribution in [2.75, 3.05) is 6.54 Å². The highest BCUT2D eigenvalue weighted by atomic mass is 32.2. The maximum Gasteiger partial charge on any atom is 0.0974 e. The highest BCUT2D eigenvalue weighted by Crippen LogP contribution is 2.45. The molecule has 2 aliphatic rings. The first kappa shape index (κ1) is 11.4. The van der Waals surface area contributed by atoms with Crippen LogP contribution in [0, 0.1) is 11.3 Å². The molecule has 0 fully saturated rings. The zero-order valence-corrected chi connectivity index (χ0v) is 10.9. The molecule has 0 aliphatic carbocycles. The summed E-state index contributed by atoms with van der Waals surface area (Å²) in [4.78, 5) is 3.50. The fourth-order valence-corrected chi connectivity index (χ4v) is 3.50. The number of hydrogen-bond acceptors (Lipinski definition) is 3. The molecule has 18 heavy (non-hydrogen) atoms. The third-order valence-electron chi connectivity index (χ3n) is 3.27. The van der Waals surface area contributed by atoms with Crippen molar-refractivity contribution in [2.45, 2.75) is 19.3 Å². The van der Waals surface area contributed by atoms with Crippen LogP contribution >= 0.6 is 11.8 Å². The van der Waals surface area contributed by atoms with Gasteiger partial charge in [-0.05, 0) is 24.8 Å². The van der Waals surface area contributed by atoms with E-state index in [0.717, 1.165) is 36.4 Å². The second-order valence-electron chi connectivity index (χ2n) is 4.51. The Morgan fingerprint density at radius 2 is 2.00 bits per heavy atom.